The number of anilines is 1. The molecule has 0 aliphatic heterocycles. The van der Waals surface area contributed by atoms with Crippen molar-refractivity contribution in [3.63, 3.8) is 0 Å². The Hall–Kier alpha value is -2.67. The van der Waals surface area contributed by atoms with Crippen LogP contribution in [0, 0.1) is 0 Å². The highest BCUT2D eigenvalue weighted by Gasteiger charge is 2.23. The number of nitrogens with zero attached hydrogens (tertiary/aromatic N) is 2. The summed E-state index contributed by atoms with van der Waals surface area (Å²) in [5, 5.41) is 4.19. The van der Waals surface area contributed by atoms with Crippen molar-refractivity contribution in [2.75, 3.05) is 17.1 Å². The van der Waals surface area contributed by atoms with Gasteiger partial charge in [0, 0.05) is 5.71 Å². The molecule has 0 spiro atoms. The van der Waals surface area contributed by atoms with Gasteiger partial charge in [-0.3, -0.25) is 9.10 Å². The van der Waals surface area contributed by atoms with E-state index in [1.165, 1.54) is 5.56 Å². The maximum absolute atomic E-state index is 12.4. The van der Waals surface area contributed by atoms with Crippen LogP contribution in [-0.4, -0.2) is 32.8 Å². The van der Waals surface area contributed by atoms with Crippen LogP contribution >= 0.6 is 0 Å². The predicted octanol–water partition coefficient (Wildman–Crippen LogP) is 3.88. The van der Waals surface area contributed by atoms with E-state index in [2.05, 4.69) is 36.5 Å². The fourth-order valence-electron chi connectivity index (χ4n) is 3.29. The Bertz CT molecular complexity index is 982. The van der Waals surface area contributed by atoms with E-state index in [0.717, 1.165) is 28.3 Å². The quantitative estimate of drug-likeness (QED) is 0.485. The zero-order chi connectivity index (χ0) is 22.4. The zero-order valence-electron chi connectivity index (χ0n) is 18.3. The molecule has 0 radical (unpaired) electrons. The van der Waals surface area contributed by atoms with Gasteiger partial charge < -0.3 is 0 Å². The maximum atomic E-state index is 12.4. The molecule has 2 aromatic carbocycles. The monoisotopic (exact) mass is 429 g/mol. The summed E-state index contributed by atoms with van der Waals surface area (Å²) in [5.41, 5.74) is 5.85. The number of hydrazone groups is 1. The van der Waals surface area contributed by atoms with E-state index in [4.69, 9.17) is 0 Å². The first-order valence-electron chi connectivity index (χ1n) is 9.97. The molecule has 0 fully saturated rings. The molecular weight excluding hydrogens is 398 g/mol. The molecule has 0 heterocycles. The molecule has 2 aromatic rings. The molecule has 0 aliphatic carbocycles. The Balaban J connectivity index is 2.06. The van der Waals surface area contributed by atoms with Gasteiger partial charge in [0.25, 0.3) is 5.91 Å². The third-order valence-corrected chi connectivity index (χ3v) is 6.09. The Morgan fingerprint density at radius 2 is 1.67 bits per heavy atom. The zero-order valence-corrected chi connectivity index (χ0v) is 19.2. The topological polar surface area (TPSA) is 78.8 Å². The highest BCUT2D eigenvalue weighted by Crippen LogP contribution is 2.27. The van der Waals surface area contributed by atoms with Gasteiger partial charge in [0.1, 0.15) is 6.54 Å². The third kappa shape index (κ3) is 6.69. The maximum Gasteiger partial charge on any atom is 0.260 e. The molecule has 30 heavy (non-hydrogen) atoms. The minimum absolute atomic E-state index is 0.139. The third-order valence-electron chi connectivity index (χ3n) is 4.94. The molecule has 0 aromatic heterocycles. The minimum atomic E-state index is -3.61. The number of hydrogen-bond acceptors (Lipinski definition) is 4. The van der Waals surface area contributed by atoms with E-state index in [0.29, 0.717) is 12.1 Å². The summed E-state index contributed by atoms with van der Waals surface area (Å²) in [4.78, 5) is 12.4. The van der Waals surface area contributed by atoms with Crippen LogP contribution in [0.15, 0.2) is 59.7 Å². The van der Waals surface area contributed by atoms with E-state index in [-0.39, 0.29) is 12.0 Å². The minimum Gasteiger partial charge on any atom is -0.271 e. The van der Waals surface area contributed by atoms with Crippen molar-refractivity contribution in [3.8, 4) is 0 Å². The van der Waals surface area contributed by atoms with Gasteiger partial charge >= 0.3 is 0 Å². The summed E-state index contributed by atoms with van der Waals surface area (Å²) >= 11 is 0. The molecule has 1 amide bonds. The fourth-order valence-corrected chi connectivity index (χ4v) is 4.15. The van der Waals surface area contributed by atoms with E-state index >= 15 is 0 Å². The van der Waals surface area contributed by atoms with Crippen molar-refractivity contribution in [1.29, 1.82) is 0 Å². The van der Waals surface area contributed by atoms with Gasteiger partial charge in [-0.25, -0.2) is 13.8 Å². The predicted molar refractivity (Wildman–Crippen MR) is 123 cm³/mol. The van der Waals surface area contributed by atoms with Crippen LogP contribution in [0.1, 0.15) is 45.2 Å². The van der Waals surface area contributed by atoms with Gasteiger partial charge in [0.05, 0.1) is 11.9 Å². The van der Waals surface area contributed by atoms with E-state index in [1.807, 2.05) is 44.2 Å². The van der Waals surface area contributed by atoms with Crippen LogP contribution in [0.5, 0.6) is 0 Å². The number of carbonyl (C=O) groups excluding carboxylic acids is 1. The number of benzene rings is 2. The van der Waals surface area contributed by atoms with Crippen molar-refractivity contribution >= 4 is 27.3 Å². The van der Waals surface area contributed by atoms with Gasteiger partial charge in [-0.15, -0.1) is 0 Å². The van der Waals surface area contributed by atoms with E-state index < -0.39 is 15.9 Å². The lowest BCUT2D eigenvalue weighted by Crippen LogP contribution is -2.39. The lowest BCUT2D eigenvalue weighted by atomic mass is 9.80. The molecular formula is C23H31N3O3S. The van der Waals surface area contributed by atoms with Crippen molar-refractivity contribution in [3.05, 3.63) is 65.7 Å². The molecule has 1 N–H and O–H groups in total. The summed E-state index contributed by atoms with van der Waals surface area (Å²) in [7, 11) is -3.61. The summed E-state index contributed by atoms with van der Waals surface area (Å²) < 4.78 is 25.5. The van der Waals surface area contributed by atoms with Crippen LogP contribution in [0.2, 0.25) is 0 Å². The number of amides is 1. The van der Waals surface area contributed by atoms with Crippen LogP contribution in [0.25, 0.3) is 0 Å². The molecule has 0 bridgehead atoms. The molecule has 2 rings (SSSR count). The molecule has 0 aliphatic rings. The number of aryl methyl sites for hydroxylation is 1. The highest BCUT2D eigenvalue weighted by atomic mass is 32.2. The molecule has 0 atom stereocenters. The van der Waals surface area contributed by atoms with Gasteiger partial charge in [0.2, 0.25) is 10.0 Å². The molecule has 0 unspecified atom stereocenters. The normalized spacial score (nSPS) is 12.5. The number of sulfonamides is 1. The van der Waals surface area contributed by atoms with Gasteiger partial charge in [0.15, 0.2) is 0 Å². The van der Waals surface area contributed by atoms with Crippen LogP contribution < -0.4 is 9.73 Å². The van der Waals surface area contributed by atoms with Gasteiger partial charge in [-0.05, 0) is 48.4 Å². The Kier molecular flexibility index (Phi) is 7.78. The number of nitrogens with one attached hydrogen (secondary N) is 1. The number of carbonyl (C=O) groups is 1. The second kappa shape index (κ2) is 9.89. The first-order valence-corrected chi connectivity index (χ1v) is 11.8. The molecule has 7 heteroatoms. The van der Waals surface area contributed by atoms with Crippen molar-refractivity contribution in [1.82, 2.24) is 5.43 Å². The lowest BCUT2D eigenvalue weighted by Gasteiger charge is -2.25. The SMILES string of the molecule is CCc1ccc(N(CC(=O)N/N=C(/C)CC(C)(C)c2ccccc2)S(C)(=O)=O)cc1. The van der Waals surface area contributed by atoms with Crippen LogP contribution in [0.4, 0.5) is 5.69 Å². The number of rotatable bonds is 9. The highest BCUT2D eigenvalue weighted by molar-refractivity contribution is 7.92. The molecule has 162 valence electrons. The van der Waals surface area contributed by atoms with Crippen LogP contribution in [0.3, 0.4) is 0 Å². The molecule has 6 nitrogen and oxygen atoms in total. The van der Waals surface area contributed by atoms with Gasteiger partial charge in [-0.1, -0.05) is 63.2 Å². The first-order chi connectivity index (χ1) is 14.0. The second-order valence-corrected chi connectivity index (χ2v) is 10.0. The van der Waals surface area contributed by atoms with Crippen LogP contribution in [-0.2, 0) is 26.7 Å². The van der Waals surface area contributed by atoms with Crippen molar-refractivity contribution in [2.24, 2.45) is 5.10 Å². The molecule has 0 saturated heterocycles. The lowest BCUT2D eigenvalue weighted by molar-refractivity contribution is -0.119. The summed E-state index contributed by atoms with van der Waals surface area (Å²) in [6, 6.07) is 17.3. The smallest absolute Gasteiger partial charge is 0.260 e. The fraction of sp³-hybridized carbons (Fsp3) is 0.391. The van der Waals surface area contributed by atoms with Crippen molar-refractivity contribution < 1.29 is 13.2 Å². The van der Waals surface area contributed by atoms with Gasteiger partial charge in [-0.2, -0.15) is 5.10 Å². The number of hydrogen-bond donors (Lipinski definition) is 1. The summed E-state index contributed by atoms with van der Waals surface area (Å²) in [6.45, 7) is 7.78. The Morgan fingerprint density at radius 3 is 2.20 bits per heavy atom. The summed E-state index contributed by atoms with van der Waals surface area (Å²) in [5.74, 6) is -0.489. The average molecular weight is 430 g/mol. The van der Waals surface area contributed by atoms with E-state index in [9.17, 15) is 13.2 Å². The van der Waals surface area contributed by atoms with Crippen molar-refractivity contribution in [2.45, 2.75) is 46.0 Å². The van der Waals surface area contributed by atoms with E-state index in [1.54, 1.807) is 12.1 Å². The Morgan fingerprint density at radius 1 is 1.07 bits per heavy atom. The average Bonchev–Trinajstić information content (AvgIpc) is 2.70. The first kappa shape index (κ1) is 23.6. The second-order valence-electron chi connectivity index (χ2n) is 8.10. The standard InChI is InChI=1S/C23H31N3O3S/c1-6-19-12-14-21(15-13-19)26(30(5,28)29)17-22(27)25-24-18(2)16-23(3,4)20-10-8-7-9-11-20/h7-15H,6,16-17H2,1-5H3,(H,25,27)/b24-18-. The Labute approximate surface area is 180 Å². The summed E-state index contributed by atoms with van der Waals surface area (Å²) in [6.07, 6.45) is 2.60. The largest absolute Gasteiger partial charge is 0.271 e. The molecule has 0 saturated carbocycles.